The maximum atomic E-state index is 5.49. The Kier molecular flexibility index (Phi) is 2.05. The van der Waals surface area contributed by atoms with Gasteiger partial charge in [-0.2, -0.15) is 0 Å². The van der Waals surface area contributed by atoms with E-state index in [1.54, 1.807) is 0 Å². The Morgan fingerprint density at radius 1 is 1.45 bits per heavy atom. The minimum atomic E-state index is 0.159. The number of oxime groups is 1. The van der Waals surface area contributed by atoms with Gasteiger partial charge in [0.1, 0.15) is 12.7 Å². The molecule has 1 atom stereocenters. The number of morpholine rings is 1. The van der Waals surface area contributed by atoms with Crippen LogP contribution in [0.2, 0.25) is 0 Å². The minimum absolute atomic E-state index is 0.159. The fraction of sp³-hybridized carbons (Fsp3) is 0.857. The fourth-order valence-corrected chi connectivity index (χ4v) is 1.32. The molecule has 11 heavy (non-hydrogen) atoms. The van der Waals surface area contributed by atoms with E-state index in [2.05, 4.69) is 10.5 Å². The van der Waals surface area contributed by atoms with Crippen molar-refractivity contribution in [2.75, 3.05) is 26.3 Å². The van der Waals surface area contributed by atoms with Crippen molar-refractivity contribution in [1.82, 2.24) is 5.32 Å². The molecule has 0 aromatic rings. The van der Waals surface area contributed by atoms with Gasteiger partial charge in [0, 0.05) is 19.5 Å². The molecule has 0 aliphatic carbocycles. The van der Waals surface area contributed by atoms with Gasteiger partial charge in [-0.15, -0.1) is 0 Å². The molecule has 1 fully saturated rings. The van der Waals surface area contributed by atoms with Gasteiger partial charge in [-0.1, -0.05) is 5.16 Å². The van der Waals surface area contributed by atoms with Gasteiger partial charge in [0.05, 0.1) is 12.3 Å². The zero-order valence-electron chi connectivity index (χ0n) is 6.38. The quantitative estimate of drug-likeness (QED) is 0.569. The Labute approximate surface area is 65.5 Å². The van der Waals surface area contributed by atoms with E-state index in [-0.39, 0.29) is 6.10 Å². The van der Waals surface area contributed by atoms with Crippen molar-refractivity contribution >= 4 is 5.71 Å². The summed E-state index contributed by atoms with van der Waals surface area (Å²) in [7, 11) is 0. The molecule has 1 saturated heterocycles. The molecule has 4 heteroatoms. The molecule has 0 radical (unpaired) electrons. The molecule has 2 heterocycles. The predicted molar refractivity (Wildman–Crippen MR) is 40.6 cm³/mol. The van der Waals surface area contributed by atoms with E-state index in [0.29, 0.717) is 0 Å². The van der Waals surface area contributed by atoms with E-state index in [9.17, 15) is 0 Å². The van der Waals surface area contributed by atoms with Gasteiger partial charge in [0.2, 0.25) is 0 Å². The van der Waals surface area contributed by atoms with Crippen molar-refractivity contribution in [3.8, 4) is 0 Å². The molecule has 0 spiro atoms. The summed E-state index contributed by atoms with van der Waals surface area (Å²) in [5.41, 5.74) is 1.05. The largest absolute Gasteiger partial charge is 0.395 e. The Hall–Kier alpha value is -0.610. The highest BCUT2D eigenvalue weighted by molar-refractivity contribution is 5.89. The first-order valence-electron chi connectivity index (χ1n) is 3.98. The van der Waals surface area contributed by atoms with Crippen LogP contribution in [0.25, 0.3) is 0 Å². The van der Waals surface area contributed by atoms with Crippen molar-refractivity contribution in [1.29, 1.82) is 0 Å². The lowest BCUT2D eigenvalue weighted by Crippen LogP contribution is -2.42. The van der Waals surface area contributed by atoms with Crippen LogP contribution in [-0.2, 0) is 9.57 Å². The predicted octanol–water partition coefficient (Wildman–Crippen LogP) is -0.249. The van der Waals surface area contributed by atoms with Crippen molar-refractivity contribution < 1.29 is 9.57 Å². The molecule has 0 bridgehead atoms. The number of hydrogen-bond acceptors (Lipinski definition) is 4. The number of rotatable bonds is 1. The van der Waals surface area contributed by atoms with Crippen LogP contribution in [0.3, 0.4) is 0 Å². The van der Waals surface area contributed by atoms with E-state index in [1.165, 1.54) is 0 Å². The summed E-state index contributed by atoms with van der Waals surface area (Å²) in [5, 5.41) is 7.16. The summed E-state index contributed by atoms with van der Waals surface area (Å²) in [6.45, 7) is 3.33. The summed E-state index contributed by atoms with van der Waals surface area (Å²) >= 11 is 0. The number of hydrogen-bond donors (Lipinski definition) is 1. The maximum Gasteiger partial charge on any atom is 0.122 e. The average molecular weight is 156 g/mol. The topological polar surface area (TPSA) is 42.9 Å². The molecule has 2 rings (SSSR count). The highest BCUT2D eigenvalue weighted by Gasteiger charge is 2.22. The summed E-state index contributed by atoms with van der Waals surface area (Å²) in [4.78, 5) is 4.89. The monoisotopic (exact) mass is 156 g/mol. The standard InChI is InChI=1S/C7H12N2O2/c1-3-11-9-6(1)7-5-8-2-4-10-7/h7-8H,1-5H2. The molecule has 1 N–H and O–H groups in total. The van der Waals surface area contributed by atoms with Crippen LogP contribution < -0.4 is 5.32 Å². The second-order valence-electron chi connectivity index (χ2n) is 2.73. The SMILES string of the molecule is C1COC(C2=NOCC2)CN1. The van der Waals surface area contributed by atoms with Crippen molar-refractivity contribution in [2.24, 2.45) is 5.16 Å². The second kappa shape index (κ2) is 3.19. The highest BCUT2D eigenvalue weighted by atomic mass is 16.6. The molecule has 0 amide bonds. The van der Waals surface area contributed by atoms with E-state index in [1.807, 2.05) is 0 Å². The van der Waals surface area contributed by atoms with Gasteiger partial charge in [0.25, 0.3) is 0 Å². The number of nitrogens with zero attached hydrogens (tertiary/aromatic N) is 1. The fourth-order valence-electron chi connectivity index (χ4n) is 1.32. The molecule has 4 nitrogen and oxygen atoms in total. The van der Waals surface area contributed by atoms with Crippen molar-refractivity contribution in [2.45, 2.75) is 12.5 Å². The molecule has 0 aromatic carbocycles. The van der Waals surface area contributed by atoms with Crippen molar-refractivity contribution in [3.63, 3.8) is 0 Å². The summed E-state index contributed by atoms with van der Waals surface area (Å²) < 4.78 is 5.49. The second-order valence-corrected chi connectivity index (χ2v) is 2.73. The third kappa shape index (κ3) is 1.52. The van der Waals surface area contributed by atoms with Crippen LogP contribution >= 0.6 is 0 Å². The van der Waals surface area contributed by atoms with Gasteiger partial charge in [-0.3, -0.25) is 0 Å². The molecule has 62 valence electrons. The molecule has 0 aromatic heterocycles. The maximum absolute atomic E-state index is 5.49. The third-order valence-electron chi connectivity index (χ3n) is 1.93. The Morgan fingerprint density at radius 2 is 2.45 bits per heavy atom. The van der Waals surface area contributed by atoms with E-state index in [4.69, 9.17) is 9.57 Å². The molecular weight excluding hydrogens is 144 g/mol. The molecule has 0 saturated carbocycles. The van der Waals surface area contributed by atoms with Crippen molar-refractivity contribution in [3.05, 3.63) is 0 Å². The molecule has 1 unspecified atom stereocenters. The van der Waals surface area contributed by atoms with Crippen LogP contribution in [0.5, 0.6) is 0 Å². The molecular formula is C7H12N2O2. The van der Waals surface area contributed by atoms with Crippen LogP contribution in [0.1, 0.15) is 6.42 Å². The first-order valence-corrected chi connectivity index (χ1v) is 3.98. The number of ether oxygens (including phenoxy) is 1. The zero-order valence-corrected chi connectivity index (χ0v) is 6.38. The van der Waals surface area contributed by atoms with Gasteiger partial charge < -0.3 is 14.9 Å². The molecule has 2 aliphatic heterocycles. The van der Waals surface area contributed by atoms with Gasteiger partial charge in [0.15, 0.2) is 0 Å². The van der Waals surface area contributed by atoms with Gasteiger partial charge in [-0.05, 0) is 0 Å². The summed E-state index contributed by atoms with van der Waals surface area (Å²) in [6, 6.07) is 0. The summed E-state index contributed by atoms with van der Waals surface area (Å²) in [6.07, 6.45) is 1.08. The normalized spacial score (nSPS) is 31.3. The lowest BCUT2D eigenvalue weighted by Gasteiger charge is -2.22. The average Bonchev–Trinajstić information content (AvgIpc) is 2.58. The van der Waals surface area contributed by atoms with Gasteiger partial charge in [-0.25, -0.2) is 0 Å². The summed E-state index contributed by atoms with van der Waals surface area (Å²) in [5.74, 6) is 0. The Bertz CT molecular complexity index is 164. The van der Waals surface area contributed by atoms with Crippen LogP contribution in [0, 0.1) is 0 Å². The first-order chi connectivity index (χ1) is 5.47. The zero-order chi connectivity index (χ0) is 7.52. The number of nitrogens with one attached hydrogen (secondary N) is 1. The van der Waals surface area contributed by atoms with Gasteiger partial charge >= 0.3 is 0 Å². The third-order valence-corrected chi connectivity index (χ3v) is 1.93. The smallest absolute Gasteiger partial charge is 0.122 e. The Morgan fingerprint density at radius 3 is 3.09 bits per heavy atom. The van der Waals surface area contributed by atoms with Crippen LogP contribution in [0.15, 0.2) is 5.16 Å². The van der Waals surface area contributed by atoms with Crippen LogP contribution in [0.4, 0.5) is 0 Å². The van der Waals surface area contributed by atoms with E-state index >= 15 is 0 Å². The van der Waals surface area contributed by atoms with E-state index < -0.39 is 0 Å². The molecule has 2 aliphatic rings. The highest BCUT2D eigenvalue weighted by Crippen LogP contribution is 2.08. The first kappa shape index (κ1) is 7.06. The lowest BCUT2D eigenvalue weighted by atomic mass is 10.1. The minimum Gasteiger partial charge on any atom is -0.395 e. The lowest BCUT2D eigenvalue weighted by molar-refractivity contribution is 0.0696. The van der Waals surface area contributed by atoms with Crippen LogP contribution in [-0.4, -0.2) is 38.1 Å². The Balaban J connectivity index is 1.92. The van der Waals surface area contributed by atoms with E-state index in [0.717, 1.165) is 38.4 Å².